The van der Waals surface area contributed by atoms with Gasteiger partial charge in [-0.2, -0.15) is 5.10 Å². The minimum absolute atomic E-state index is 0.0798. The molecule has 0 aliphatic carbocycles. The van der Waals surface area contributed by atoms with Gasteiger partial charge in [0.1, 0.15) is 0 Å². The average molecular weight is 341 g/mol. The van der Waals surface area contributed by atoms with Gasteiger partial charge in [0.05, 0.1) is 23.9 Å². The highest BCUT2D eigenvalue weighted by molar-refractivity contribution is 5.81. The summed E-state index contributed by atoms with van der Waals surface area (Å²) < 4.78 is 1.79. The first-order valence-corrected chi connectivity index (χ1v) is 8.88. The fourth-order valence-electron chi connectivity index (χ4n) is 3.57. The van der Waals surface area contributed by atoms with Crippen molar-refractivity contribution in [3.63, 3.8) is 0 Å². The molecule has 1 amide bonds. The standard InChI is InChI=1S/C19H27N5O/c1-12(2)17(18-13(3)6-5-7-21-18)23-19(25)16-10-20-9-15(16)14-8-22-24(4)11-14/h5-8,11-12,15-17,20H,9-10H2,1-4H3,(H,23,25)/t15-,16+,17?/m1/s1. The van der Waals surface area contributed by atoms with E-state index in [0.29, 0.717) is 6.54 Å². The molecule has 134 valence electrons. The smallest absolute Gasteiger partial charge is 0.225 e. The Hall–Kier alpha value is -2.21. The number of carbonyl (C=O) groups is 1. The van der Waals surface area contributed by atoms with E-state index in [1.165, 1.54) is 0 Å². The lowest BCUT2D eigenvalue weighted by Crippen LogP contribution is -2.39. The highest BCUT2D eigenvalue weighted by Crippen LogP contribution is 2.30. The van der Waals surface area contributed by atoms with Crippen molar-refractivity contribution in [2.24, 2.45) is 18.9 Å². The van der Waals surface area contributed by atoms with Gasteiger partial charge in [-0.25, -0.2) is 0 Å². The number of rotatable bonds is 5. The Bertz CT molecular complexity index is 739. The summed E-state index contributed by atoms with van der Waals surface area (Å²) in [4.78, 5) is 17.5. The van der Waals surface area contributed by atoms with Crippen LogP contribution in [-0.2, 0) is 11.8 Å². The third kappa shape index (κ3) is 3.74. The molecule has 0 spiro atoms. The van der Waals surface area contributed by atoms with Gasteiger partial charge in [-0.1, -0.05) is 19.9 Å². The van der Waals surface area contributed by atoms with Gasteiger partial charge >= 0.3 is 0 Å². The SMILES string of the molecule is Cc1cccnc1C(NC(=O)[C@H]1CNC[C@@H]1c1cnn(C)c1)C(C)C. The number of pyridine rings is 1. The van der Waals surface area contributed by atoms with Crippen LogP contribution in [0.25, 0.3) is 0 Å². The van der Waals surface area contributed by atoms with Crippen LogP contribution in [0.15, 0.2) is 30.7 Å². The van der Waals surface area contributed by atoms with Crippen LogP contribution in [0.5, 0.6) is 0 Å². The van der Waals surface area contributed by atoms with Gasteiger partial charge < -0.3 is 10.6 Å². The first kappa shape index (κ1) is 17.6. The van der Waals surface area contributed by atoms with Crippen LogP contribution in [0.4, 0.5) is 0 Å². The van der Waals surface area contributed by atoms with Crippen molar-refractivity contribution in [1.29, 1.82) is 0 Å². The van der Waals surface area contributed by atoms with Crippen molar-refractivity contribution in [2.45, 2.75) is 32.7 Å². The molecule has 1 unspecified atom stereocenters. The Labute approximate surface area is 149 Å². The molecule has 0 radical (unpaired) electrons. The summed E-state index contributed by atoms with van der Waals surface area (Å²) in [6.07, 6.45) is 5.65. The number of carbonyl (C=O) groups excluding carboxylic acids is 1. The highest BCUT2D eigenvalue weighted by atomic mass is 16.2. The molecule has 1 fully saturated rings. The average Bonchev–Trinajstić information content (AvgIpc) is 3.21. The highest BCUT2D eigenvalue weighted by Gasteiger charge is 2.36. The molecule has 3 heterocycles. The van der Waals surface area contributed by atoms with E-state index >= 15 is 0 Å². The van der Waals surface area contributed by atoms with Crippen LogP contribution in [0, 0.1) is 18.8 Å². The van der Waals surface area contributed by atoms with E-state index in [0.717, 1.165) is 23.4 Å². The largest absolute Gasteiger partial charge is 0.347 e. The zero-order valence-electron chi connectivity index (χ0n) is 15.4. The number of amides is 1. The molecule has 6 heteroatoms. The fourth-order valence-corrected chi connectivity index (χ4v) is 3.57. The zero-order valence-corrected chi connectivity index (χ0v) is 15.4. The Balaban J connectivity index is 1.78. The van der Waals surface area contributed by atoms with Crippen molar-refractivity contribution >= 4 is 5.91 Å². The van der Waals surface area contributed by atoms with E-state index < -0.39 is 0 Å². The molecule has 2 N–H and O–H groups in total. The first-order chi connectivity index (χ1) is 12.0. The topological polar surface area (TPSA) is 71.8 Å². The number of nitrogens with zero attached hydrogens (tertiary/aromatic N) is 3. The second kappa shape index (κ2) is 7.35. The minimum atomic E-state index is -0.0885. The number of aromatic nitrogens is 3. The van der Waals surface area contributed by atoms with Gasteiger partial charge in [-0.3, -0.25) is 14.5 Å². The van der Waals surface area contributed by atoms with E-state index in [-0.39, 0.29) is 29.7 Å². The van der Waals surface area contributed by atoms with Gasteiger partial charge in [-0.15, -0.1) is 0 Å². The molecule has 6 nitrogen and oxygen atoms in total. The van der Waals surface area contributed by atoms with Gasteiger partial charge in [0, 0.05) is 38.4 Å². The Morgan fingerprint density at radius 2 is 2.20 bits per heavy atom. The molecule has 0 bridgehead atoms. The molecule has 1 aliphatic rings. The summed E-state index contributed by atoms with van der Waals surface area (Å²) >= 11 is 0. The minimum Gasteiger partial charge on any atom is -0.347 e. The normalized spacial score (nSPS) is 21.5. The van der Waals surface area contributed by atoms with Crippen LogP contribution >= 0.6 is 0 Å². The van der Waals surface area contributed by atoms with E-state index in [1.807, 2.05) is 38.5 Å². The second-order valence-corrected chi connectivity index (χ2v) is 7.25. The zero-order chi connectivity index (χ0) is 18.0. The summed E-state index contributed by atoms with van der Waals surface area (Å²) in [5.41, 5.74) is 3.17. The Morgan fingerprint density at radius 1 is 1.40 bits per heavy atom. The maximum absolute atomic E-state index is 13.0. The predicted molar refractivity (Wildman–Crippen MR) is 97.0 cm³/mol. The van der Waals surface area contributed by atoms with Crippen molar-refractivity contribution in [3.8, 4) is 0 Å². The number of hydrogen-bond acceptors (Lipinski definition) is 4. The van der Waals surface area contributed by atoms with Crippen molar-refractivity contribution in [1.82, 2.24) is 25.4 Å². The summed E-state index contributed by atoms with van der Waals surface area (Å²) in [5, 5.41) is 10.9. The fraction of sp³-hybridized carbons (Fsp3) is 0.526. The lowest BCUT2D eigenvalue weighted by Gasteiger charge is -2.26. The molecule has 1 saturated heterocycles. The lowest BCUT2D eigenvalue weighted by molar-refractivity contribution is -0.126. The van der Waals surface area contributed by atoms with Crippen molar-refractivity contribution in [2.75, 3.05) is 13.1 Å². The van der Waals surface area contributed by atoms with Crippen LogP contribution in [-0.4, -0.2) is 33.8 Å². The lowest BCUT2D eigenvalue weighted by atomic mass is 9.89. The molecule has 3 rings (SSSR count). The number of nitrogens with one attached hydrogen (secondary N) is 2. The first-order valence-electron chi connectivity index (χ1n) is 8.88. The van der Waals surface area contributed by atoms with Crippen LogP contribution in [0.3, 0.4) is 0 Å². The molecule has 25 heavy (non-hydrogen) atoms. The number of hydrogen-bond donors (Lipinski definition) is 2. The van der Waals surface area contributed by atoms with Crippen LogP contribution < -0.4 is 10.6 Å². The second-order valence-electron chi connectivity index (χ2n) is 7.25. The van der Waals surface area contributed by atoms with E-state index in [2.05, 4.69) is 34.6 Å². The molecule has 3 atom stereocenters. The third-order valence-corrected chi connectivity index (χ3v) is 5.01. The summed E-state index contributed by atoms with van der Waals surface area (Å²) in [7, 11) is 1.90. The van der Waals surface area contributed by atoms with Crippen LogP contribution in [0.1, 0.15) is 42.6 Å². The molecular formula is C19H27N5O. The van der Waals surface area contributed by atoms with Crippen LogP contribution in [0.2, 0.25) is 0 Å². The number of aryl methyl sites for hydroxylation is 2. The van der Waals surface area contributed by atoms with Gasteiger partial charge in [0.15, 0.2) is 0 Å². The Morgan fingerprint density at radius 3 is 2.84 bits per heavy atom. The quantitative estimate of drug-likeness (QED) is 0.872. The van der Waals surface area contributed by atoms with Crippen molar-refractivity contribution in [3.05, 3.63) is 47.5 Å². The molecule has 0 aromatic carbocycles. The monoisotopic (exact) mass is 341 g/mol. The maximum atomic E-state index is 13.0. The predicted octanol–water partition coefficient (Wildman–Crippen LogP) is 1.94. The summed E-state index contributed by atoms with van der Waals surface area (Å²) in [6, 6.07) is 3.89. The van der Waals surface area contributed by atoms with Gasteiger partial charge in [0.2, 0.25) is 5.91 Å². The molecular weight excluding hydrogens is 314 g/mol. The molecule has 1 aliphatic heterocycles. The van der Waals surface area contributed by atoms with E-state index in [4.69, 9.17) is 0 Å². The van der Waals surface area contributed by atoms with E-state index in [1.54, 1.807) is 10.9 Å². The maximum Gasteiger partial charge on any atom is 0.225 e. The molecule has 0 saturated carbocycles. The van der Waals surface area contributed by atoms with Gasteiger partial charge in [0.25, 0.3) is 0 Å². The Kier molecular flexibility index (Phi) is 5.18. The molecule has 2 aromatic rings. The third-order valence-electron chi connectivity index (χ3n) is 5.01. The summed E-state index contributed by atoms with van der Waals surface area (Å²) in [6.45, 7) is 7.77. The van der Waals surface area contributed by atoms with Gasteiger partial charge in [-0.05, 0) is 30.0 Å². The van der Waals surface area contributed by atoms with E-state index in [9.17, 15) is 4.79 Å². The summed E-state index contributed by atoms with van der Waals surface area (Å²) in [5.74, 6) is 0.423. The molecule has 2 aromatic heterocycles. The van der Waals surface area contributed by atoms with Crippen molar-refractivity contribution < 1.29 is 4.79 Å².